The van der Waals surface area contributed by atoms with Crippen LogP contribution in [-0.2, 0) is 0 Å². The van der Waals surface area contributed by atoms with Crippen LogP contribution >= 0.6 is 46.1 Å². The number of halogens is 3. The molecular weight excluding hydrogens is 345 g/mol. The van der Waals surface area contributed by atoms with E-state index in [1.165, 1.54) is 24.4 Å². The molecule has 104 valence electrons. The smallest absolute Gasteiger partial charge is 0.275 e. The topological polar surface area (TPSA) is 67.5 Å². The van der Waals surface area contributed by atoms with Crippen LogP contribution in [0.25, 0.3) is 0 Å². The second-order valence-electron chi connectivity index (χ2n) is 3.55. The van der Waals surface area contributed by atoms with E-state index < -0.39 is 4.92 Å². The molecule has 1 N–H and O–H groups in total. The summed E-state index contributed by atoms with van der Waals surface area (Å²) in [5.74, 6) is 0. The lowest BCUT2D eigenvalue weighted by Gasteiger charge is -2.05. The van der Waals surface area contributed by atoms with Gasteiger partial charge in [0.25, 0.3) is 0 Å². The third-order valence-electron chi connectivity index (χ3n) is 2.17. The van der Waals surface area contributed by atoms with Gasteiger partial charge >= 0.3 is 5.00 Å². The molecule has 5 nitrogen and oxygen atoms in total. The molecule has 0 bridgehead atoms. The molecule has 20 heavy (non-hydrogen) atoms. The van der Waals surface area contributed by atoms with E-state index >= 15 is 0 Å². The summed E-state index contributed by atoms with van der Waals surface area (Å²) >= 11 is 18.7. The summed E-state index contributed by atoms with van der Waals surface area (Å²) in [6, 6.07) is 6.07. The number of thiophene rings is 1. The van der Waals surface area contributed by atoms with Crippen LogP contribution in [0.15, 0.2) is 29.4 Å². The first-order valence-electron chi connectivity index (χ1n) is 5.15. The van der Waals surface area contributed by atoms with Crippen LogP contribution in [0.2, 0.25) is 15.1 Å². The van der Waals surface area contributed by atoms with Gasteiger partial charge in [-0.15, -0.1) is 0 Å². The fraction of sp³-hybridized carbons (Fsp3) is 0. The van der Waals surface area contributed by atoms with Gasteiger partial charge in [0.2, 0.25) is 0 Å². The molecular formula is C11H6Cl3N3O2S. The Morgan fingerprint density at radius 2 is 1.90 bits per heavy atom. The van der Waals surface area contributed by atoms with Crippen molar-refractivity contribution in [3.63, 3.8) is 0 Å². The van der Waals surface area contributed by atoms with Crippen LogP contribution in [0, 0.1) is 10.1 Å². The Kier molecular flexibility index (Phi) is 4.82. The highest BCUT2D eigenvalue weighted by Crippen LogP contribution is 2.33. The van der Waals surface area contributed by atoms with Crippen LogP contribution in [0.4, 0.5) is 10.7 Å². The highest BCUT2D eigenvalue weighted by molar-refractivity contribution is 7.16. The lowest BCUT2D eigenvalue weighted by molar-refractivity contribution is -0.380. The molecule has 2 aromatic rings. The van der Waals surface area contributed by atoms with E-state index in [1.807, 2.05) is 0 Å². The van der Waals surface area contributed by atoms with E-state index in [-0.39, 0.29) is 5.00 Å². The largest absolute Gasteiger partial charge is 0.324 e. The predicted octanol–water partition coefficient (Wildman–Crippen LogP) is 5.06. The normalized spacial score (nSPS) is 10.9. The summed E-state index contributed by atoms with van der Waals surface area (Å²) < 4.78 is 0. The maximum atomic E-state index is 10.5. The summed E-state index contributed by atoms with van der Waals surface area (Å²) in [5, 5.41) is 15.6. The van der Waals surface area contributed by atoms with Crippen molar-refractivity contribution in [2.75, 3.05) is 5.43 Å². The first-order valence-corrected chi connectivity index (χ1v) is 7.10. The number of anilines is 1. The van der Waals surface area contributed by atoms with Gasteiger partial charge in [0.05, 0.1) is 31.7 Å². The quantitative estimate of drug-likeness (QED) is 0.476. The van der Waals surface area contributed by atoms with Crippen molar-refractivity contribution in [3.05, 3.63) is 54.3 Å². The first-order chi connectivity index (χ1) is 9.47. The maximum Gasteiger partial charge on any atom is 0.324 e. The molecule has 1 aromatic heterocycles. The zero-order valence-corrected chi connectivity index (χ0v) is 12.7. The number of hydrogen-bond acceptors (Lipinski definition) is 5. The number of nitrogens with one attached hydrogen (secondary N) is 1. The molecule has 0 saturated carbocycles. The molecule has 0 amide bonds. The Morgan fingerprint density at radius 1 is 1.25 bits per heavy atom. The third kappa shape index (κ3) is 3.61. The monoisotopic (exact) mass is 349 g/mol. The van der Waals surface area contributed by atoms with Gasteiger partial charge in [0.15, 0.2) is 0 Å². The van der Waals surface area contributed by atoms with Gasteiger partial charge in [-0.1, -0.05) is 46.1 Å². The van der Waals surface area contributed by atoms with Crippen molar-refractivity contribution >= 4 is 63.0 Å². The van der Waals surface area contributed by atoms with Gasteiger partial charge < -0.3 is 0 Å². The summed E-state index contributed by atoms with van der Waals surface area (Å²) in [7, 11) is 0. The van der Waals surface area contributed by atoms with E-state index in [2.05, 4.69) is 10.5 Å². The van der Waals surface area contributed by atoms with E-state index in [9.17, 15) is 10.1 Å². The van der Waals surface area contributed by atoms with Gasteiger partial charge in [-0.25, -0.2) is 0 Å². The standard InChI is InChI=1S/C11H6Cl3N3O2S/c12-6-3-8(13)11(9(14)4-6)16-15-5-7-1-2-10(20-7)17(18)19/h1-5,16H/b15-5-. The summed E-state index contributed by atoms with van der Waals surface area (Å²) in [4.78, 5) is 10.7. The number of rotatable bonds is 4. The molecule has 0 aliphatic rings. The van der Waals surface area contributed by atoms with E-state index in [4.69, 9.17) is 34.8 Å². The van der Waals surface area contributed by atoms with Gasteiger partial charge in [-0.3, -0.25) is 15.5 Å². The molecule has 9 heteroatoms. The van der Waals surface area contributed by atoms with Gasteiger partial charge in [-0.2, -0.15) is 5.10 Å². The van der Waals surface area contributed by atoms with Crippen LogP contribution < -0.4 is 5.43 Å². The van der Waals surface area contributed by atoms with E-state index in [0.29, 0.717) is 25.6 Å². The molecule has 0 aliphatic carbocycles. The van der Waals surface area contributed by atoms with Crippen LogP contribution in [0.1, 0.15) is 4.88 Å². The van der Waals surface area contributed by atoms with Gasteiger partial charge in [0, 0.05) is 11.1 Å². The van der Waals surface area contributed by atoms with Gasteiger partial charge in [-0.05, 0) is 18.2 Å². The van der Waals surface area contributed by atoms with Crippen molar-refractivity contribution < 1.29 is 4.92 Å². The van der Waals surface area contributed by atoms with Crippen molar-refractivity contribution in [1.82, 2.24) is 0 Å². The lowest BCUT2D eigenvalue weighted by Crippen LogP contribution is -1.91. The zero-order valence-electron chi connectivity index (χ0n) is 9.64. The Hall–Kier alpha value is -1.34. The van der Waals surface area contributed by atoms with Crippen molar-refractivity contribution in [2.45, 2.75) is 0 Å². The molecule has 0 unspecified atom stereocenters. The molecule has 1 aromatic carbocycles. The highest BCUT2D eigenvalue weighted by atomic mass is 35.5. The predicted molar refractivity (Wildman–Crippen MR) is 83.7 cm³/mol. The second kappa shape index (κ2) is 6.41. The lowest BCUT2D eigenvalue weighted by atomic mass is 10.3. The fourth-order valence-corrected chi connectivity index (χ4v) is 2.91. The number of hydrogen-bond donors (Lipinski definition) is 1. The molecule has 0 aliphatic heterocycles. The van der Waals surface area contributed by atoms with E-state index in [0.717, 1.165) is 11.3 Å². The number of benzene rings is 1. The van der Waals surface area contributed by atoms with Crippen LogP contribution in [0.3, 0.4) is 0 Å². The minimum Gasteiger partial charge on any atom is -0.275 e. The average molecular weight is 351 g/mol. The highest BCUT2D eigenvalue weighted by Gasteiger charge is 2.09. The maximum absolute atomic E-state index is 10.5. The fourth-order valence-electron chi connectivity index (χ4n) is 1.32. The van der Waals surface area contributed by atoms with Crippen LogP contribution in [-0.4, -0.2) is 11.1 Å². The molecule has 0 radical (unpaired) electrons. The molecule has 2 rings (SSSR count). The second-order valence-corrected chi connectivity index (χ2v) is 5.89. The van der Waals surface area contributed by atoms with Crippen molar-refractivity contribution in [1.29, 1.82) is 0 Å². The van der Waals surface area contributed by atoms with Gasteiger partial charge in [0.1, 0.15) is 0 Å². The third-order valence-corrected chi connectivity index (χ3v) is 3.95. The first kappa shape index (κ1) is 15.1. The SMILES string of the molecule is O=[N+]([O-])c1ccc(/C=N\Nc2c(Cl)cc(Cl)cc2Cl)s1. The average Bonchev–Trinajstić information content (AvgIpc) is 2.81. The molecule has 0 saturated heterocycles. The summed E-state index contributed by atoms with van der Waals surface area (Å²) in [6.07, 6.45) is 1.44. The molecule has 0 atom stereocenters. The Balaban J connectivity index is 2.12. The minimum absolute atomic E-state index is 0.0500. The molecule has 1 heterocycles. The molecule has 0 fully saturated rings. The summed E-state index contributed by atoms with van der Waals surface area (Å²) in [6.45, 7) is 0. The Labute approximate surface area is 132 Å². The van der Waals surface area contributed by atoms with Crippen molar-refractivity contribution in [3.8, 4) is 0 Å². The van der Waals surface area contributed by atoms with Crippen molar-refractivity contribution in [2.24, 2.45) is 5.10 Å². The van der Waals surface area contributed by atoms with E-state index in [1.54, 1.807) is 6.07 Å². The number of nitrogens with zero attached hydrogens (tertiary/aromatic N) is 2. The summed E-state index contributed by atoms with van der Waals surface area (Å²) in [5.41, 5.74) is 3.10. The minimum atomic E-state index is -0.456. The zero-order chi connectivity index (χ0) is 14.7. The Morgan fingerprint density at radius 3 is 2.45 bits per heavy atom. The van der Waals surface area contributed by atoms with Crippen LogP contribution in [0.5, 0.6) is 0 Å². The molecule has 0 spiro atoms. The Bertz CT molecular complexity index is 664. The number of nitro groups is 1. The number of hydrazone groups is 1.